The molecule has 1 N–H and O–H groups in total. The average molecular weight is 1050 g/mol. The maximum Gasteiger partial charge on any atom is 0.494 e. The molecule has 3 aromatic carbocycles. The van der Waals surface area contributed by atoms with Crippen LogP contribution in [0.1, 0.15) is 124 Å². The van der Waals surface area contributed by atoms with Crippen LogP contribution in [-0.4, -0.2) is 130 Å². The minimum atomic E-state index is -0.476. The zero-order chi connectivity index (χ0) is 52.4. The van der Waals surface area contributed by atoms with Gasteiger partial charge in [0.05, 0.1) is 64.1 Å². The highest BCUT2D eigenvalue weighted by Crippen LogP contribution is 2.43. The summed E-state index contributed by atoms with van der Waals surface area (Å²) in [6.07, 6.45) is 0.866. The third-order valence-corrected chi connectivity index (χ3v) is 15.5. The van der Waals surface area contributed by atoms with Crippen molar-refractivity contribution in [3.63, 3.8) is 0 Å². The Morgan fingerprint density at radius 3 is 1.01 bits per heavy atom. The van der Waals surface area contributed by atoms with Gasteiger partial charge < -0.3 is 66.0 Å². The topological polar surface area (TPSA) is 147 Å². The van der Waals surface area contributed by atoms with Gasteiger partial charge in [-0.15, -0.1) is 0 Å². The fourth-order valence-electron chi connectivity index (χ4n) is 6.95. The first-order chi connectivity index (χ1) is 32.8. The van der Waals surface area contributed by atoms with Gasteiger partial charge in [0.25, 0.3) is 0 Å². The summed E-state index contributed by atoms with van der Waals surface area (Å²) in [5, 5.41) is 9.50. The number of hydrogen-bond acceptors (Lipinski definition) is 14. The van der Waals surface area contributed by atoms with E-state index in [0.29, 0.717) is 32.3 Å². The van der Waals surface area contributed by atoms with Gasteiger partial charge in [-0.3, -0.25) is 0 Å². The maximum absolute atomic E-state index is 9.50. The third kappa shape index (κ3) is 15.0. The highest BCUT2D eigenvalue weighted by molar-refractivity contribution is 9.10. The fourth-order valence-corrected chi connectivity index (χ4v) is 7.21. The van der Waals surface area contributed by atoms with Gasteiger partial charge >= 0.3 is 28.3 Å². The molecule has 0 bridgehead atoms. The van der Waals surface area contributed by atoms with Crippen LogP contribution in [0.15, 0.2) is 77.3 Å². The Morgan fingerprint density at radius 2 is 0.732 bits per heavy atom. The van der Waals surface area contributed by atoms with Crippen molar-refractivity contribution in [2.24, 2.45) is 0 Å². The Bertz CT molecular complexity index is 2070. The van der Waals surface area contributed by atoms with Gasteiger partial charge in [0.2, 0.25) is 0 Å². The summed E-state index contributed by atoms with van der Waals surface area (Å²) in [6, 6.07) is 23.3. The van der Waals surface area contributed by atoms with Crippen molar-refractivity contribution >= 4 is 55.1 Å². The molecule has 9 rings (SSSR count). The van der Waals surface area contributed by atoms with E-state index in [0.717, 1.165) is 45.9 Å². The van der Waals surface area contributed by atoms with Crippen LogP contribution >= 0.6 is 15.9 Å². The highest BCUT2D eigenvalue weighted by Gasteiger charge is 2.64. The van der Waals surface area contributed by atoms with Gasteiger partial charge in [-0.25, -0.2) is 0 Å². The molecule has 0 aromatic heterocycles. The molecule has 0 spiro atoms. The van der Waals surface area contributed by atoms with Gasteiger partial charge in [-0.1, -0.05) is 47.1 Å². The van der Waals surface area contributed by atoms with E-state index in [1.165, 1.54) is 0 Å². The van der Waals surface area contributed by atoms with Crippen molar-refractivity contribution in [2.45, 2.75) is 187 Å². The van der Waals surface area contributed by atoms with Gasteiger partial charge in [-0.2, -0.15) is 0 Å². The first-order valence-corrected chi connectivity index (χ1v) is 25.8. The molecule has 0 radical (unpaired) electrons. The van der Waals surface area contributed by atoms with Crippen molar-refractivity contribution in [3.05, 3.63) is 77.3 Å². The molecule has 3 unspecified atom stereocenters. The van der Waals surface area contributed by atoms with Crippen molar-refractivity contribution < 1.29 is 66.0 Å². The lowest BCUT2D eigenvalue weighted by Crippen LogP contribution is -2.41. The van der Waals surface area contributed by atoms with Gasteiger partial charge in [0, 0.05) is 4.47 Å². The number of rotatable bonds is 13. The minimum absolute atomic E-state index is 0.276. The van der Waals surface area contributed by atoms with E-state index >= 15 is 0 Å². The molecule has 6 aliphatic rings. The summed E-state index contributed by atoms with van der Waals surface area (Å²) < 4.78 is 75.7. The van der Waals surface area contributed by atoms with Crippen LogP contribution in [0.25, 0.3) is 0 Å². The van der Waals surface area contributed by atoms with E-state index < -0.39 is 20.1 Å². The average Bonchev–Trinajstić information content (AvgIpc) is 4.21. The molecule has 6 saturated heterocycles. The lowest BCUT2D eigenvalue weighted by Gasteiger charge is -2.32. The summed E-state index contributed by atoms with van der Waals surface area (Å²) >= 11 is 3.36. The largest absolute Gasteiger partial charge is 0.494 e. The number of halogens is 1. The van der Waals surface area contributed by atoms with Crippen molar-refractivity contribution in [1.82, 2.24) is 0 Å². The molecule has 3 aromatic rings. The van der Waals surface area contributed by atoms with Crippen LogP contribution in [0.3, 0.4) is 0 Å². The van der Waals surface area contributed by atoms with Crippen LogP contribution in [0, 0.1) is 0 Å². The van der Waals surface area contributed by atoms with Crippen LogP contribution in [0.4, 0.5) is 0 Å². The van der Waals surface area contributed by atoms with Crippen molar-refractivity contribution in [3.8, 4) is 17.2 Å². The van der Waals surface area contributed by atoms with Crippen molar-refractivity contribution in [1.29, 1.82) is 0 Å². The Balaban J connectivity index is 0.000000157. The number of aliphatic hydroxyl groups is 1. The number of benzene rings is 3. The standard InChI is InChI=1S/C16H25BO4.C15H21BO4.C12H24B2O4.C9H9BrO2/c1-6-13(18)11-19-14-9-7-12(8-10-14)17-20-15(2,3)16(4,5)21-17;1-14(2)15(3,4)20-16(19-14)11-5-7-12(8-6-11)17-9-13-10-18-13;1-9(2)10(3,4)16-13(15-9)14-17-11(5,6)12(7,8)18-14;10-7-1-3-8(4-2-7)11-5-9-6-12-9/h7-10,13,18H,6,11H2,1-5H3;5-8,13H,9-10H2,1-4H3;1-8H3;1-4,9H,5-6H2. The summed E-state index contributed by atoms with van der Waals surface area (Å²) in [6.45, 7) is 37.8. The number of epoxide rings is 2. The molecule has 19 heteroatoms. The summed E-state index contributed by atoms with van der Waals surface area (Å²) in [4.78, 5) is 0. The zero-order valence-corrected chi connectivity index (χ0v) is 46.9. The normalized spacial score (nSPS) is 25.4. The van der Waals surface area contributed by atoms with E-state index in [2.05, 4.69) is 43.6 Å². The summed E-state index contributed by atoms with van der Waals surface area (Å²) in [5.41, 5.74) is -0.747. The maximum atomic E-state index is 9.50. The van der Waals surface area contributed by atoms with E-state index in [4.69, 9.17) is 60.9 Å². The first-order valence-electron chi connectivity index (χ1n) is 25.0. The molecule has 0 amide bonds. The highest BCUT2D eigenvalue weighted by atomic mass is 79.9. The number of aliphatic hydroxyl groups excluding tert-OH is 1. The SMILES string of the molecule is Brc1ccc(OCC2CO2)cc1.CC1(C)OB(B2OC(C)(C)C(C)(C)O2)OC1(C)C.CC1(C)OB(c2ccc(OCC3CO3)cc2)OC1(C)C.CCC(O)COc1ccc(B2OC(C)(C)C(C)(C)O2)cc1. The minimum Gasteiger partial charge on any atom is -0.491 e. The fraction of sp³-hybridized carbons (Fsp3) is 0.654. The second-order valence-corrected chi connectivity index (χ2v) is 23.8. The molecule has 6 heterocycles. The molecule has 6 aliphatic heterocycles. The van der Waals surface area contributed by atoms with Crippen LogP contribution < -0.4 is 25.1 Å². The Kier molecular flexibility index (Phi) is 18.1. The lowest BCUT2D eigenvalue weighted by molar-refractivity contribution is 0.00578. The van der Waals surface area contributed by atoms with E-state index in [1.807, 2.05) is 163 Å². The van der Waals surface area contributed by atoms with E-state index in [9.17, 15) is 5.11 Å². The van der Waals surface area contributed by atoms with E-state index in [1.54, 1.807) is 0 Å². The zero-order valence-electron chi connectivity index (χ0n) is 45.3. The summed E-state index contributed by atoms with van der Waals surface area (Å²) in [7, 11) is -1.63. The Morgan fingerprint density at radius 1 is 0.465 bits per heavy atom. The second kappa shape index (κ2) is 22.3. The van der Waals surface area contributed by atoms with Gasteiger partial charge in [0.15, 0.2) is 0 Å². The quantitative estimate of drug-likeness (QED) is 0.129. The Labute approximate surface area is 434 Å². The molecular weight excluding hydrogens is 972 g/mol. The molecule has 71 heavy (non-hydrogen) atoms. The molecule has 0 aliphatic carbocycles. The molecule has 0 saturated carbocycles. The number of hydrogen-bond donors (Lipinski definition) is 1. The van der Waals surface area contributed by atoms with Gasteiger partial charge in [-0.05, 0) is 177 Å². The predicted octanol–water partition coefficient (Wildman–Crippen LogP) is 8.37. The molecule has 6 fully saturated rings. The third-order valence-electron chi connectivity index (χ3n) is 15.0. The smallest absolute Gasteiger partial charge is 0.491 e. The molecule has 3 atom stereocenters. The first kappa shape index (κ1) is 57.6. The molecule has 14 nitrogen and oxygen atoms in total. The Hall–Kier alpha value is -2.64. The van der Waals surface area contributed by atoms with E-state index in [-0.39, 0.29) is 65.1 Å². The van der Waals surface area contributed by atoms with Crippen LogP contribution in [0.5, 0.6) is 17.2 Å². The van der Waals surface area contributed by atoms with Gasteiger partial charge in [0.1, 0.15) is 49.3 Å². The number of ether oxygens (including phenoxy) is 5. The predicted molar refractivity (Wildman–Crippen MR) is 283 cm³/mol. The molecular formula is C52H79B4BrO14. The summed E-state index contributed by atoms with van der Waals surface area (Å²) in [5.74, 6) is 2.48. The molecule has 390 valence electrons. The van der Waals surface area contributed by atoms with Crippen LogP contribution in [-0.2, 0) is 46.7 Å². The van der Waals surface area contributed by atoms with Crippen LogP contribution in [0.2, 0.25) is 0 Å². The lowest BCUT2D eigenvalue weighted by atomic mass is 9.49. The van der Waals surface area contributed by atoms with Crippen molar-refractivity contribution in [2.75, 3.05) is 33.0 Å². The second-order valence-electron chi connectivity index (χ2n) is 22.9. The monoisotopic (exact) mass is 1050 g/mol.